The first-order valence-corrected chi connectivity index (χ1v) is 5.42. The van der Waals surface area contributed by atoms with Crippen LogP contribution in [0.4, 0.5) is 5.69 Å². The number of benzene rings is 1. The third-order valence-corrected chi connectivity index (χ3v) is 2.93. The molecule has 76 valence electrons. The van der Waals surface area contributed by atoms with E-state index in [1.165, 1.54) is 42.7 Å². The number of rotatable bonds is 3. The highest BCUT2D eigenvalue weighted by Gasteiger charge is 2.19. The van der Waals surface area contributed by atoms with Crippen molar-refractivity contribution < 1.29 is 0 Å². The van der Waals surface area contributed by atoms with E-state index in [-0.39, 0.29) is 0 Å². The molecule has 2 N–H and O–H groups in total. The van der Waals surface area contributed by atoms with Crippen LogP contribution in [0, 0.1) is 0 Å². The van der Waals surface area contributed by atoms with Gasteiger partial charge in [0.15, 0.2) is 0 Å². The van der Waals surface area contributed by atoms with Gasteiger partial charge in [0.2, 0.25) is 0 Å². The largest absolute Gasteiger partial charge is 0.371 e. The molecule has 0 aliphatic carbocycles. The lowest BCUT2D eigenvalue weighted by Crippen LogP contribution is -2.20. The number of hydrogen-bond donors (Lipinski definition) is 1. The van der Waals surface area contributed by atoms with Crippen molar-refractivity contribution in [1.29, 1.82) is 0 Å². The summed E-state index contributed by atoms with van der Waals surface area (Å²) in [5.41, 5.74) is 9.93. The van der Waals surface area contributed by atoms with Gasteiger partial charge >= 0.3 is 0 Å². The van der Waals surface area contributed by atoms with Crippen LogP contribution in [-0.4, -0.2) is 13.1 Å². The topological polar surface area (TPSA) is 29.3 Å². The van der Waals surface area contributed by atoms with Gasteiger partial charge in [0, 0.05) is 25.3 Å². The van der Waals surface area contributed by atoms with Crippen molar-refractivity contribution in [1.82, 2.24) is 0 Å². The van der Waals surface area contributed by atoms with Gasteiger partial charge in [0.05, 0.1) is 0 Å². The SMILES string of the molecule is CCCN1CCc2c(CN)cccc21. The van der Waals surface area contributed by atoms with Gasteiger partial charge < -0.3 is 10.6 Å². The highest BCUT2D eigenvalue weighted by Crippen LogP contribution is 2.30. The molecule has 0 spiro atoms. The van der Waals surface area contributed by atoms with Crippen LogP contribution in [0.2, 0.25) is 0 Å². The molecule has 0 saturated heterocycles. The minimum atomic E-state index is 0.670. The van der Waals surface area contributed by atoms with Crippen LogP contribution in [0.5, 0.6) is 0 Å². The molecule has 0 saturated carbocycles. The summed E-state index contributed by atoms with van der Waals surface area (Å²) in [6.07, 6.45) is 2.38. The highest BCUT2D eigenvalue weighted by atomic mass is 15.1. The molecule has 2 heteroatoms. The van der Waals surface area contributed by atoms with E-state index < -0.39 is 0 Å². The molecule has 1 aliphatic rings. The van der Waals surface area contributed by atoms with E-state index in [1.807, 2.05) is 0 Å². The van der Waals surface area contributed by atoms with Crippen LogP contribution < -0.4 is 10.6 Å². The van der Waals surface area contributed by atoms with Crippen LogP contribution >= 0.6 is 0 Å². The van der Waals surface area contributed by atoms with Crippen LogP contribution in [-0.2, 0) is 13.0 Å². The average Bonchev–Trinajstić information content (AvgIpc) is 2.62. The molecule has 0 atom stereocenters. The number of anilines is 1. The number of hydrogen-bond acceptors (Lipinski definition) is 2. The summed E-state index contributed by atoms with van der Waals surface area (Å²) in [5, 5.41) is 0. The molecular formula is C12H18N2. The molecule has 1 aliphatic heterocycles. The van der Waals surface area contributed by atoms with Crippen LogP contribution in [0.1, 0.15) is 24.5 Å². The summed E-state index contributed by atoms with van der Waals surface area (Å²) in [4.78, 5) is 2.47. The maximum absolute atomic E-state index is 5.72. The molecule has 0 unspecified atom stereocenters. The second kappa shape index (κ2) is 4.01. The minimum absolute atomic E-state index is 0.670. The molecule has 1 heterocycles. The Hall–Kier alpha value is -1.02. The van der Waals surface area contributed by atoms with Gasteiger partial charge in [-0.2, -0.15) is 0 Å². The molecule has 14 heavy (non-hydrogen) atoms. The quantitative estimate of drug-likeness (QED) is 0.789. The molecule has 2 nitrogen and oxygen atoms in total. The average molecular weight is 190 g/mol. The van der Waals surface area contributed by atoms with Gasteiger partial charge in [-0.1, -0.05) is 19.1 Å². The highest BCUT2D eigenvalue weighted by molar-refractivity contribution is 5.60. The molecule has 1 aromatic carbocycles. The zero-order valence-electron chi connectivity index (χ0n) is 8.79. The van der Waals surface area contributed by atoms with Gasteiger partial charge in [-0.3, -0.25) is 0 Å². The molecule has 1 aromatic rings. The smallest absolute Gasteiger partial charge is 0.0402 e. The van der Waals surface area contributed by atoms with Crippen molar-refractivity contribution in [2.45, 2.75) is 26.3 Å². The second-order valence-corrected chi connectivity index (χ2v) is 3.86. The third kappa shape index (κ3) is 1.50. The van der Waals surface area contributed by atoms with Gasteiger partial charge in [-0.05, 0) is 30.0 Å². The van der Waals surface area contributed by atoms with E-state index in [4.69, 9.17) is 5.73 Å². The van der Waals surface area contributed by atoms with Crippen LogP contribution in [0.25, 0.3) is 0 Å². The molecular weight excluding hydrogens is 172 g/mol. The van der Waals surface area contributed by atoms with E-state index in [0.717, 1.165) is 0 Å². The Labute approximate surface area is 85.7 Å². The predicted octanol–water partition coefficient (Wildman–Crippen LogP) is 1.92. The van der Waals surface area contributed by atoms with E-state index in [2.05, 4.69) is 30.0 Å². The molecule has 2 rings (SSSR count). The Bertz CT molecular complexity index is 320. The summed E-state index contributed by atoms with van der Waals surface area (Å²) in [6, 6.07) is 6.49. The first-order valence-electron chi connectivity index (χ1n) is 5.42. The van der Waals surface area contributed by atoms with Crippen molar-refractivity contribution in [2.75, 3.05) is 18.0 Å². The summed E-state index contributed by atoms with van der Waals surface area (Å²) in [5.74, 6) is 0. The Balaban J connectivity index is 2.31. The Morgan fingerprint density at radius 1 is 1.43 bits per heavy atom. The van der Waals surface area contributed by atoms with Crippen molar-refractivity contribution in [3.8, 4) is 0 Å². The van der Waals surface area contributed by atoms with Crippen molar-refractivity contribution in [2.24, 2.45) is 5.73 Å². The van der Waals surface area contributed by atoms with Crippen LogP contribution in [0.15, 0.2) is 18.2 Å². The fourth-order valence-corrected chi connectivity index (χ4v) is 2.27. The maximum atomic E-state index is 5.72. The lowest BCUT2D eigenvalue weighted by atomic mass is 10.1. The maximum Gasteiger partial charge on any atom is 0.0402 e. The van der Waals surface area contributed by atoms with Crippen molar-refractivity contribution in [3.05, 3.63) is 29.3 Å². The van der Waals surface area contributed by atoms with Gasteiger partial charge in [0.25, 0.3) is 0 Å². The summed E-state index contributed by atoms with van der Waals surface area (Å²) < 4.78 is 0. The Morgan fingerprint density at radius 3 is 3.00 bits per heavy atom. The zero-order chi connectivity index (χ0) is 9.97. The predicted molar refractivity (Wildman–Crippen MR) is 60.5 cm³/mol. The Morgan fingerprint density at radius 2 is 2.29 bits per heavy atom. The first-order chi connectivity index (χ1) is 6.86. The van der Waals surface area contributed by atoms with Gasteiger partial charge in [-0.25, -0.2) is 0 Å². The summed E-state index contributed by atoms with van der Waals surface area (Å²) in [6.45, 7) is 5.23. The van der Waals surface area contributed by atoms with E-state index in [0.29, 0.717) is 6.54 Å². The second-order valence-electron chi connectivity index (χ2n) is 3.86. The standard InChI is InChI=1S/C12H18N2/c1-2-7-14-8-6-11-10(9-13)4-3-5-12(11)14/h3-5H,2,6-9,13H2,1H3. The molecule has 0 bridgehead atoms. The van der Waals surface area contributed by atoms with Crippen molar-refractivity contribution in [3.63, 3.8) is 0 Å². The lowest BCUT2D eigenvalue weighted by Gasteiger charge is -2.18. The molecule has 0 amide bonds. The van der Waals surface area contributed by atoms with Gasteiger partial charge in [0.1, 0.15) is 0 Å². The number of nitrogens with two attached hydrogens (primary N) is 1. The fraction of sp³-hybridized carbons (Fsp3) is 0.500. The summed E-state index contributed by atoms with van der Waals surface area (Å²) in [7, 11) is 0. The van der Waals surface area contributed by atoms with E-state index in [1.54, 1.807) is 0 Å². The molecule has 0 aromatic heterocycles. The normalized spacial score (nSPS) is 14.6. The van der Waals surface area contributed by atoms with Crippen LogP contribution in [0.3, 0.4) is 0 Å². The number of nitrogens with zero attached hydrogens (tertiary/aromatic N) is 1. The third-order valence-electron chi connectivity index (χ3n) is 2.93. The van der Waals surface area contributed by atoms with E-state index in [9.17, 15) is 0 Å². The van der Waals surface area contributed by atoms with Crippen molar-refractivity contribution >= 4 is 5.69 Å². The monoisotopic (exact) mass is 190 g/mol. The molecule has 0 fully saturated rings. The fourth-order valence-electron chi connectivity index (χ4n) is 2.27. The lowest BCUT2D eigenvalue weighted by molar-refractivity contribution is 0.796. The minimum Gasteiger partial charge on any atom is -0.371 e. The number of fused-ring (bicyclic) bond motifs is 1. The molecule has 0 radical (unpaired) electrons. The zero-order valence-corrected chi connectivity index (χ0v) is 8.79. The van der Waals surface area contributed by atoms with E-state index >= 15 is 0 Å². The van der Waals surface area contributed by atoms with Gasteiger partial charge in [-0.15, -0.1) is 0 Å². The Kier molecular flexibility index (Phi) is 2.73. The summed E-state index contributed by atoms with van der Waals surface area (Å²) >= 11 is 0. The first kappa shape index (κ1) is 9.53.